The summed E-state index contributed by atoms with van der Waals surface area (Å²) in [7, 11) is -3.18. The number of hydrogen-bond acceptors (Lipinski definition) is 3. The second-order valence-corrected chi connectivity index (χ2v) is 7.84. The number of benzene rings is 1. The number of rotatable bonds is 4. The molecule has 5 heteroatoms. The van der Waals surface area contributed by atoms with Crippen molar-refractivity contribution in [2.45, 2.75) is 42.4 Å². The third-order valence-corrected chi connectivity index (χ3v) is 6.15. The van der Waals surface area contributed by atoms with Crippen LogP contribution in [-0.4, -0.2) is 26.3 Å². The molecule has 3 nitrogen and oxygen atoms in total. The van der Waals surface area contributed by atoms with Crippen molar-refractivity contribution in [3.63, 3.8) is 0 Å². The van der Waals surface area contributed by atoms with Gasteiger partial charge in [-0.15, -0.1) is 0 Å². The van der Waals surface area contributed by atoms with E-state index in [1.54, 1.807) is 18.2 Å². The Bertz CT molecular complexity index is 515. The lowest BCUT2D eigenvalue weighted by Gasteiger charge is -2.13. The van der Waals surface area contributed by atoms with E-state index in [1.807, 2.05) is 6.07 Å². The Morgan fingerprint density at radius 3 is 2.83 bits per heavy atom. The molecule has 2 rings (SSSR count). The van der Waals surface area contributed by atoms with Crippen molar-refractivity contribution in [2.24, 2.45) is 0 Å². The van der Waals surface area contributed by atoms with Crippen molar-refractivity contribution >= 4 is 25.8 Å². The maximum absolute atomic E-state index is 12.5. The van der Waals surface area contributed by atoms with Crippen molar-refractivity contribution in [2.75, 3.05) is 6.54 Å². The van der Waals surface area contributed by atoms with Gasteiger partial charge >= 0.3 is 0 Å². The highest BCUT2D eigenvalue weighted by atomic mass is 79.9. The Hall–Kier alpha value is -0.390. The first-order chi connectivity index (χ1) is 8.54. The van der Waals surface area contributed by atoms with Gasteiger partial charge in [-0.1, -0.05) is 28.9 Å². The molecule has 1 aromatic carbocycles. The zero-order valence-electron chi connectivity index (χ0n) is 10.4. The van der Waals surface area contributed by atoms with Gasteiger partial charge in [-0.3, -0.25) is 0 Å². The number of nitrogens with one attached hydrogen (secondary N) is 1. The van der Waals surface area contributed by atoms with Crippen molar-refractivity contribution in [3.8, 4) is 0 Å². The van der Waals surface area contributed by atoms with Gasteiger partial charge in [-0.05, 0) is 44.0 Å². The number of hydrogen-bond donors (Lipinski definition) is 1. The molecule has 1 saturated carbocycles. The van der Waals surface area contributed by atoms with Gasteiger partial charge in [-0.2, -0.15) is 0 Å². The van der Waals surface area contributed by atoms with Gasteiger partial charge in [0.25, 0.3) is 0 Å². The fourth-order valence-electron chi connectivity index (χ4n) is 2.53. The summed E-state index contributed by atoms with van der Waals surface area (Å²) in [5.74, 6) is 0. The molecular formula is C13H18BrNO2S. The van der Waals surface area contributed by atoms with Crippen LogP contribution in [0.2, 0.25) is 0 Å². The predicted molar refractivity (Wildman–Crippen MR) is 76.4 cm³/mol. The van der Waals surface area contributed by atoms with Crippen LogP contribution in [0.25, 0.3) is 0 Å². The first-order valence-electron chi connectivity index (χ1n) is 6.27. The molecule has 0 saturated heterocycles. The average molecular weight is 332 g/mol. The monoisotopic (exact) mass is 331 g/mol. The van der Waals surface area contributed by atoms with E-state index < -0.39 is 9.84 Å². The summed E-state index contributed by atoms with van der Waals surface area (Å²) in [6, 6.07) is 7.33. The molecule has 0 bridgehead atoms. The molecule has 1 aliphatic carbocycles. The van der Waals surface area contributed by atoms with Gasteiger partial charge in [0.2, 0.25) is 0 Å². The summed E-state index contributed by atoms with van der Waals surface area (Å²) in [5.41, 5.74) is 0. The van der Waals surface area contributed by atoms with Crippen LogP contribution < -0.4 is 5.32 Å². The minimum absolute atomic E-state index is 0.240. The number of halogens is 1. The van der Waals surface area contributed by atoms with Gasteiger partial charge in [0.15, 0.2) is 9.84 Å². The van der Waals surface area contributed by atoms with E-state index in [0.29, 0.717) is 10.9 Å². The lowest BCUT2D eigenvalue weighted by atomic mass is 10.2. The zero-order chi connectivity index (χ0) is 13.2. The summed E-state index contributed by atoms with van der Waals surface area (Å²) in [6.07, 6.45) is 2.43. The molecule has 0 aromatic heterocycles. The normalized spacial score (nSPS) is 24.3. The molecule has 2 atom stereocenters. The highest BCUT2D eigenvalue weighted by Crippen LogP contribution is 2.30. The van der Waals surface area contributed by atoms with Crippen molar-refractivity contribution in [1.29, 1.82) is 0 Å². The summed E-state index contributed by atoms with van der Waals surface area (Å²) < 4.78 is 25.8. The Labute approximate surface area is 117 Å². The van der Waals surface area contributed by atoms with E-state index in [4.69, 9.17) is 0 Å². The predicted octanol–water partition coefficient (Wildman–Crippen LogP) is 2.75. The van der Waals surface area contributed by atoms with Gasteiger partial charge in [0, 0.05) is 10.5 Å². The summed E-state index contributed by atoms with van der Waals surface area (Å²) >= 11 is 3.32. The van der Waals surface area contributed by atoms with Crippen LogP contribution in [0.1, 0.15) is 26.2 Å². The average Bonchev–Trinajstić information content (AvgIpc) is 2.79. The minimum atomic E-state index is -3.18. The molecule has 100 valence electrons. The molecule has 1 N–H and O–H groups in total. The summed E-state index contributed by atoms with van der Waals surface area (Å²) in [4.78, 5) is 0.430. The fourth-order valence-corrected chi connectivity index (χ4v) is 4.96. The second kappa shape index (κ2) is 5.72. The molecule has 0 spiro atoms. The van der Waals surface area contributed by atoms with Crippen LogP contribution >= 0.6 is 15.9 Å². The van der Waals surface area contributed by atoms with Gasteiger partial charge in [0.1, 0.15) is 0 Å². The fraction of sp³-hybridized carbons (Fsp3) is 0.538. The van der Waals surface area contributed by atoms with E-state index in [-0.39, 0.29) is 5.25 Å². The Kier molecular flexibility index (Phi) is 4.45. The largest absolute Gasteiger partial charge is 0.314 e. The lowest BCUT2D eigenvalue weighted by molar-refractivity contribution is 0.537. The molecule has 0 aliphatic heterocycles. The van der Waals surface area contributed by atoms with E-state index in [1.165, 1.54) is 0 Å². The first kappa shape index (κ1) is 14.0. The summed E-state index contributed by atoms with van der Waals surface area (Å²) in [6.45, 7) is 2.95. The molecule has 1 fully saturated rings. The van der Waals surface area contributed by atoms with Crippen LogP contribution in [0.4, 0.5) is 0 Å². The Morgan fingerprint density at radius 1 is 1.39 bits per heavy atom. The van der Waals surface area contributed by atoms with Crippen molar-refractivity contribution in [1.82, 2.24) is 5.32 Å². The molecule has 0 heterocycles. The Morgan fingerprint density at radius 2 is 2.17 bits per heavy atom. The lowest BCUT2D eigenvalue weighted by Crippen LogP contribution is -2.28. The van der Waals surface area contributed by atoms with E-state index >= 15 is 0 Å². The maximum atomic E-state index is 12.5. The minimum Gasteiger partial charge on any atom is -0.314 e. The van der Waals surface area contributed by atoms with Crippen molar-refractivity contribution in [3.05, 3.63) is 28.7 Å². The molecule has 1 aromatic rings. The summed E-state index contributed by atoms with van der Waals surface area (Å²) in [5, 5.41) is 3.10. The third kappa shape index (κ3) is 2.95. The van der Waals surface area contributed by atoms with Crippen LogP contribution in [0.15, 0.2) is 33.6 Å². The maximum Gasteiger partial charge on any atom is 0.181 e. The van der Waals surface area contributed by atoms with Crippen LogP contribution in [-0.2, 0) is 9.84 Å². The van der Waals surface area contributed by atoms with Gasteiger partial charge in [0.05, 0.1) is 10.1 Å². The third-order valence-electron chi connectivity index (χ3n) is 3.44. The number of sulfone groups is 1. The quantitative estimate of drug-likeness (QED) is 0.922. The highest BCUT2D eigenvalue weighted by molar-refractivity contribution is 9.10. The molecule has 0 radical (unpaired) electrons. The first-order valence-corrected chi connectivity index (χ1v) is 8.61. The van der Waals surface area contributed by atoms with Gasteiger partial charge in [-0.25, -0.2) is 8.42 Å². The smallest absolute Gasteiger partial charge is 0.181 e. The van der Waals surface area contributed by atoms with Crippen LogP contribution in [0.5, 0.6) is 0 Å². The van der Waals surface area contributed by atoms with Crippen LogP contribution in [0, 0.1) is 0 Å². The molecule has 2 unspecified atom stereocenters. The highest BCUT2D eigenvalue weighted by Gasteiger charge is 2.34. The van der Waals surface area contributed by atoms with E-state index in [9.17, 15) is 8.42 Å². The Balaban J connectivity index is 2.18. The molecule has 1 aliphatic rings. The zero-order valence-corrected chi connectivity index (χ0v) is 12.8. The standard InChI is InChI=1S/C13H18BrNO2S/c1-2-15-11-6-7-13(9-11)18(16,17)12-5-3-4-10(14)8-12/h3-5,8,11,13,15H,2,6-7,9H2,1H3. The molecule has 18 heavy (non-hydrogen) atoms. The molecule has 0 amide bonds. The van der Waals surface area contributed by atoms with Crippen molar-refractivity contribution < 1.29 is 8.42 Å². The van der Waals surface area contributed by atoms with Gasteiger partial charge < -0.3 is 5.32 Å². The topological polar surface area (TPSA) is 46.2 Å². The van der Waals surface area contributed by atoms with E-state index in [0.717, 1.165) is 30.3 Å². The second-order valence-electron chi connectivity index (χ2n) is 4.69. The van der Waals surface area contributed by atoms with Crippen LogP contribution in [0.3, 0.4) is 0 Å². The molecular weight excluding hydrogens is 314 g/mol. The SMILES string of the molecule is CCNC1CCC(S(=O)(=O)c2cccc(Br)c2)C1. The van der Waals surface area contributed by atoms with E-state index in [2.05, 4.69) is 28.2 Å².